The number of aromatic nitrogens is 1. The van der Waals surface area contributed by atoms with Crippen molar-refractivity contribution < 1.29 is 14.5 Å². The van der Waals surface area contributed by atoms with E-state index in [2.05, 4.69) is 4.98 Å². The molecule has 0 radical (unpaired) electrons. The second-order valence-electron chi connectivity index (χ2n) is 4.23. The molecule has 1 heterocycles. The van der Waals surface area contributed by atoms with Crippen LogP contribution in [0.5, 0.6) is 11.5 Å². The molecule has 2 rings (SSSR count). The van der Waals surface area contributed by atoms with Crippen LogP contribution >= 0.6 is 0 Å². The summed E-state index contributed by atoms with van der Waals surface area (Å²) in [6.07, 6.45) is 1.53. The molecule has 0 fully saturated rings. The summed E-state index contributed by atoms with van der Waals surface area (Å²) in [6.45, 7) is 3.13. The zero-order valence-electron chi connectivity index (χ0n) is 11.0. The lowest BCUT2D eigenvalue weighted by Crippen LogP contribution is -2.00. The van der Waals surface area contributed by atoms with E-state index in [1.165, 1.54) is 31.3 Å². The molecule has 6 heteroatoms. The number of pyridine rings is 1. The fraction of sp³-hybridized carbons (Fsp3) is 0.143. The molecule has 0 aliphatic carbocycles. The lowest BCUT2D eigenvalue weighted by molar-refractivity contribution is -0.385. The Kier molecular flexibility index (Phi) is 3.74. The van der Waals surface area contributed by atoms with Crippen molar-refractivity contribution in [2.45, 2.75) is 13.8 Å². The van der Waals surface area contributed by atoms with Gasteiger partial charge >= 0.3 is 0 Å². The maximum absolute atomic E-state index is 11.3. The summed E-state index contributed by atoms with van der Waals surface area (Å²) in [7, 11) is 0. The summed E-state index contributed by atoms with van der Waals surface area (Å²) in [5, 5.41) is 11.0. The molecular formula is C14H12N2O4. The Labute approximate surface area is 115 Å². The number of rotatable bonds is 4. The average molecular weight is 272 g/mol. The van der Waals surface area contributed by atoms with Gasteiger partial charge in [-0.3, -0.25) is 19.9 Å². The van der Waals surface area contributed by atoms with E-state index in [9.17, 15) is 14.9 Å². The minimum Gasteiger partial charge on any atom is -0.455 e. The standard InChI is InChI=1S/C14H12N2O4/c1-9-3-4-12(8-15-9)20-11-5-6-13(10(2)17)14(7-11)16(18)19/h3-8H,1-2H3. The number of nitro benzene ring substituents is 1. The van der Waals surface area contributed by atoms with Gasteiger partial charge in [0.2, 0.25) is 0 Å². The molecule has 0 aliphatic rings. The molecule has 1 aromatic heterocycles. The first-order valence-electron chi connectivity index (χ1n) is 5.87. The molecular weight excluding hydrogens is 260 g/mol. The van der Waals surface area contributed by atoms with Gasteiger partial charge in [-0.2, -0.15) is 0 Å². The van der Waals surface area contributed by atoms with Gasteiger partial charge in [0.25, 0.3) is 5.69 Å². The number of Topliss-reactive ketones (excluding diaryl/α,β-unsaturated/α-hetero) is 1. The molecule has 20 heavy (non-hydrogen) atoms. The summed E-state index contributed by atoms with van der Waals surface area (Å²) >= 11 is 0. The second-order valence-corrected chi connectivity index (χ2v) is 4.23. The van der Waals surface area contributed by atoms with Gasteiger partial charge in [0.15, 0.2) is 5.78 Å². The van der Waals surface area contributed by atoms with Gasteiger partial charge in [-0.1, -0.05) is 0 Å². The zero-order valence-corrected chi connectivity index (χ0v) is 11.0. The van der Waals surface area contributed by atoms with Crippen molar-refractivity contribution in [3.63, 3.8) is 0 Å². The van der Waals surface area contributed by atoms with Crippen molar-refractivity contribution in [3.05, 3.63) is 57.9 Å². The van der Waals surface area contributed by atoms with Crippen molar-refractivity contribution in [1.82, 2.24) is 4.98 Å². The van der Waals surface area contributed by atoms with Crippen LogP contribution < -0.4 is 4.74 Å². The SMILES string of the molecule is CC(=O)c1ccc(Oc2ccc(C)nc2)cc1[N+](=O)[O-]. The normalized spacial score (nSPS) is 10.1. The summed E-state index contributed by atoms with van der Waals surface area (Å²) in [4.78, 5) is 25.7. The first kappa shape index (κ1) is 13.7. The number of carbonyl (C=O) groups excluding carboxylic acids is 1. The van der Waals surface area contributed by atoms with Crippen LogP contribution in [0.4, 0.5) is 5.69 Å². The number of hydrogen-bond donors (Lipinski definition) is 0. The first-order chi connectivity index (χ1) is 9.47. The highest BCUT2D eigenvalue weighted by atomic mass is 16.6. The summed E-state index contributed by atoms with van der Waals surface area (Å²) in [5.41, 5.74) is 0.634. The van der Waals surface area contributed by atoms with Gasteiger partial charge in [-0.05, 0) is 38.1 Å². The molecule has 0 atom stereocenters. The van der Waals surface area contributed by atoms with E-state index >= 15 is 0 Å². The molecule has 0 spiro atoms. The molecule has 0 N–H and O–H groups in total. The van der Waals surface area contributed by atoms with Gasteiger partial charge < -0.3 is 4.74 Å². The molecule has 0 unspecified atom stereocenters. The molecule has 102 valence electrons. The van der Waals surface area contributed by atoms with E-state index in [-0.39, 0.29) is 22.8 Å². The van der Waals surface area contributed by atoms with Crippen molar-refractivity contribution >= 4 is 11.5 Å². The van der Waals surface area contributed by atoms with Gasteiger partial charge in [-0.25, -0.2) is 0 Å². The Bertz CT molecular complexity index is 665. The van der Waals surface area contributed by atoms with Gasteiger partial charge in [0.05, 0.1) is 22.7 Å². The fourth-order valence-electron chi connectivity index (χ4n) is 1.67. The minimum absolute atomic E-state index is 0.0596. The highest BCUT2D eigenvalue weighted by Crippen LogP contribution is 2.28. The van der Waals surface area contributed by atoms with Crippen LogP contribution in [0.3, 0.4) is 0 Å². The number of aryl methyl sites for hydroxylation is 1. The Morgan fingerprint density at radius 1 is 1.25 bits per heavy atom. The number of benzene rings is 1. The maximum Gasteiger partial charge on any atom is 0.283 e. The third-order valence-electron chi connectivity index (χ3n) is 2.67. The molecule has 0 amide bonds. The maximum atomic E-state index is 11.3. The van der Waals surface area contributed by atoms with Crippen LogP contribution in [0.25, 0.3) is 0 Å². The highest BCUT2D eigenvalue weighted by molar-refractivity contribution is 5.98. The lowest BCUT2D eigenvalue weighted by atomic mass is 10.1. The predicted molar refractivity (Wildman–Crippen MR) is 72.1 cm³/mol. The number of hydrogen-bond acceptors (Lipinski definition) is 5. The fourth-order valence-corrected chi connectivity index (χ4v) is 1.67. The Balaban J connectivity index is 2.34. The third-order valence-corrected chi connectivity index (χ3v) is 2.67. The lowest BCUT2D eigenvalue weighted by Gasteiger charge is -2.06. The average Bonchev–Trinajstić information content (AvgIpc) is 2.41. The largest absolute Gasteiger partial charge is 0.455 e. The number of carbonyl (C=O) groups is 1. The Hall–Kier alpha value is -2.76. The topological polar surface area (TPSA) is 82.3 Å². The summed E-state index contributed by atoms with van der Waals surface area (Å²) in [5.74, 6) is 0.396. The number of ether oxygens (including phenoxy) is 1. The van der Waals surface area contributed by atoms with Crippen LogP contribution in [-0.2, 0) is 0 Å². The van der Waals surface area contributed by atoms with E-state index in [0.717, 1.165) is 5.69 Å². The van der Waals surface area contributed by atoms with Crippen molar-refractivity contribution in [3.8, 4) is 11.5 Å². The molecule has 1 aromatic carbocycles. The molecule has 2 aromatic rings. The predicted octanol–water partition coefficient (Wildman–Crippen LogP) is 3.29. The smallest absolute Gasteiger partial charge is 0.283 e. The van der Waals surface area contributed by atoms with E-state index < -0.39 is 4.92 Å². The van der Waals surface area contributed by atoms with Crippen molar-refractivity contribution in [2.75, 3.05) is 0 Å². The number of nitrogens with zero attached hydrogens (tertiary/aromatic N) is 2. The summed E-state index contributed by atoms with van der Waals surface area (Å²) < 4.78 is 5.48. The molecule has 0 bridgehead atoms. The van der Waals surface area contributed by atoms with Gasteiger partial charge in [0.1, 0.15) is 11.5 Å². The van der Waals surface area contributed by atoms with E-state index in [0.29, 0.717) is 5.75 Å². The van der Waals surface area contributed by atoms with Crippen LogP contribution in [0, 0.1) is 17.0 Å². The van der Waals surface area contributed by atoms with E-state index in [4.69, 9.17) is 4.74 Å². The highest BCUT2D eigenvalue weighted by Gasteiger charge is 2.18. The molecule has 0 aliphatic heterocycles. The van der Waals surface area contributed by atoms with Gasteiger partial charge in [0, 0.05) is 5.69 Å². The van der Waals surface area contributed by atoms with E-state index in [1.807, 2.05) is 6.92 Å². The van der Waals surface area contributed by atoms with Crippen LogP contribution in [-0.4, -0.2) is 15.7 Å². The van der Waals surface area contributed by atoms with Crippen molar-refractivity contribution in [2.24, 2.45) is 0 Å². The van der Waals surface area contributed by atoms with Crippen LogP contribution in [0.1, 0.15) is 23.0 Å². The monoisotopic (exact) mass is 272 g/mol. The second kappa shape index (κ2) is 5.48. The van der Waals surface area contributed by atoms with Gasteiger partial charge in [-0.15, -0.1) is 0 Å². The molecule has 0 saturated heterocycles. The third kappa shape index (κ3) is 2.97. The van der Waals surface area contributed by atoms with Crippen molar-refractivity contribution in [1.29, 1.82) is 0 Å². The first-order valence-corrected chi connectivity index (χ1v) is 5.87. The minimum atomic E-state index is -0.600. The van der Waals surface area contributed by atoms with Crippen LogP contribution in [0.2, 0.25) is 0 Å². The summed E-state index contributed by atoms with van der Waals surface area (Å²) in [6, 6.07) is 7.62. The Morgan fingerprint density at radius 3 is 2.50 bits per heavy atom. The molecule has 6 nitrogen and oxygen atoms in total. The molecule has 0 saturated carbocycles. The zero-order chi connectivity index (χ0) is 14.7. The number of nitro groups is 1. The van der Waals surface area contributed by atoms with E-state index in [1.54, 1.807) is 12.1 Å². The number of ketones is 1. The Morgan fingerprint density at radius 2 is 1.95 bits per heavy atom. The van der Waals surface area contributed by atoms with Crippen LogP contribution in [0.15, 0.2) is 36.5 Å². The quantitative estimate of drug-likeness (QED) is 0.484.